The zero-order chi connectivity index (χ0) is 14.0. The highest BCUT2D eigenvalue weighted by atomic mass is 79.9. The lowest BCUT2D eigenvalue weighted by Crippen LogP contribution is -2.11. The fourth-order valence-electron chi connectivity index (χ4n) is 1.46. The van der Waals surface area contributed by atoms with Crippen molar-refractivity contribution < 1.29 is 9.13 Å². The van der Waals surface area contributed by atoms with Gasteiger partial charge < -0.3 is 10.5 Å². The summed E-state index contributed by atoms with van der Waals surface area (Å²) in [7, 11) is 0. The maximum absolute atomic E-state index is 13.2. The third-order valence-corrected chi connectivity index (χ3v) is 3.33. The Bertz CT molecular complexity index is 651. The summed E-state index contributed by atoms with van der Waals surface area (Å²) in [5, 5.41) is 0.424. The molecule has 0 saturated heterocycles. The van der Waals surface area contributed by atoms with Crippen molar-refractivity contribution in [3.05, 3.63) is 57.3 Å². The largest absolute Gasteiger partial charge is 0.455 e. The second-order valence-electron chi connectivity index (χ2n) is 3.68. The molecule has 0 atom stereocenters. The van der Waals surface area contributed by atoms with E-state index in [1.807, 2.05) is 0 Å². The first-order valence-electron chi connectivity index (χ1n) is 5.19. The number of hydrogen-bond acceptors (Lipinski definition) is 2. The molecule has 0 unspecified atom stereocenters. The van der Waals surface area contributed by atoms with Crippen LogP contribution in [-0.2, 0) is 0 Å². The SMILES string of the molecule is NC(=S)c1cc(F)ccc1Oc1ccc(Br)cc1Cl. The first-order chi connectivity index (χ1) is 8.97. The van der Waals surface area contributed by atoms with Gasteiger partial charge in [-0.1, -0.05) is 39.7 Å². The zero-order valence-electron chi connectivity index (χ0n) is 9.49. The number of nitrogens with two attached hydrogens (primary N) is 1. The first kappa shape index (κ1) is 14.2. The molecule has 0 heterocycles. The Morgan fingerprint density at radius 2 is 1.89 bits per heavy atom. The average molecular weight is 361 g/mol. The van der Waals surface area contributed by atoms with E-state index in [1.54, 1.807) is 18.2 Å². The molecule has 2 aromatic rings. The van der Waals surface area contributed by atoms with Crippen LogP contribution >= 0.6 is 39.7 Å². The minimum absolute atomic E-state index is 0.0581. The minimum atomic E-state index is -0.433. The Morgan fingerprint density at radius 3 is 2.53 bits per heavy atom. The van der Waals surface area contributed by atoms with Gasteiger partial charge in [0.1, 0.15) is 22.3 Å². The molecular formula is C13H8BrClFNOS. The number of rotatable bonds is 3. The van der Waals surface area contributed by atoms with Crippen molar-refractivity contribution in [3.63, 3.8) is 0 Å². The van der Waals surface area contributed by atoms with Crippen molar-refractivity contribution in [3.8, 4) is 11.5 Å². The van der Waals surface area contributed by atoms with Crippen LogP contribution in [0.3, 0.4) is 0 Å². The van der Waals surface area contributed by atoms with Crippen molar-refractivity contribution in [2.45, 2.75) is 0 Å². The van der Waals surface area contributed by atoms with Crippen molar-refractivity contribution in [1.82, 2.24) is 0 Å². The van der Waals surface area contributed by atoms with Gasteiger partial charge in [0, 0.05) is 4.47 Å². The summed E-state index contributed by atoms with van der Waals surface area (Å²) in [6, 6.07) is 9.13. The van der Waals surface area contributed by atoms with E-state index in [-0.39, 0.29) is 4.99 Å². The maximum atomic E-state index is 13.2. The quantitative estimate of drug-likeness (QED) is 0.808. The van der Waals surface area contributed by atoms with Crippen LogP contribution in [0.2, 0.25) is 5.02 Å². The van der Waals surface area contributed by atoms with Crippen LogP contribution in [0.25, 0.3) is 0 Å². The zero-order valence-corrected chi connectivity index (χ0v) is 12.7. The molecule has 98 valence electrons. The van der Waals surface area contributed by atoms with Crippen molar-refractivity contribution in [1.29, 1.82) is 0 Å². The van der Waals surface area contributed by atoms with E-state index >= 15 is 0 Å². The van der Waals surface area contributed by atoms with Gasteiger partial charge >= 0.3 is 0 Å². The standard InChI is InChI=1S/C13H8BrClFNOS/c14-7-1-3-12(10(15)5-7)18-11-4-2-8(16)6-9(11)13(17)19/h1-6H,(H2,17,19). The summed E-state index contributed by atoms with van der Waals surface area (Å²) in [4.78, 5) is 0.0581. The molecule has 0 aliphatic carbocycles. The van der Waals surface area contributed by atoms with E-state index in [4.69, 9.17) is 34.3 Å². The van der Waals surface area contributed by atoms with Crippen molar-refractivity contribution in [2.24, 2.45) is 5.73 Å². The predicted molar refractivity (Wildman–Crippen MR) is 81.5 cm³/mol. The van der Waals surface area contributed by atoms with Gasteiger partial charge in [-0.05, 0) is 36.4 Å². The summed E-state index contributed by atoms with van der Waals surface area (Å²) in [5.74, 6) is 0.365. The first-order valence-corrected chi connectivity index (χ1v) is 6.77. The molecule has 0 saturated carbocycles. The number of halogens is 3. The van der Waals surface area contributed by atoms with Gasteiger partial charge in [-0.25, -0.2) is 4.39 Å². The van der Waals surface area contributed by atoms with E-state index in [0.717, 1.165) is 4.47 Å². The summed E-state index contributed by atoms with van der Waals surface area (Å²) in [6.07, 6.45) is 0. The van der Waals surface area contributed by atoms with E-state index in [9.17, 15) is 4.39 Å². The molecule has 6 heteroatoms. The Hall–Kier alpha value is -1.17. The maximum Gasteiger partial charge on any atom is 0.146 e. The Morgan fingerprint density at radius 1 is 1.21 bits per heavy atom. The summed E-state index contributed by atoms with van der Waals surface area (Å²) in [5.41, 5.74) is 5.87. The lowest BCUT2D eigenvalue weighted by atomic mass is 10.2. The third-order valence-electron chi connectivity index (χ3n) is 2.32. The molecule has 0 aromatic heterocycles. The van der Waals surface area contributed by atoms with Gasteiger partial charge in [-0.3, -0.25) is 0 Å². The van der Waals surface area contributed by atoms with E-state index in [0.29, 0.717) is 22.1 Å². The van der Waals surface area contributed by atoms with Gasteiger partial charge in [-0.15, -0.1) is 0 Å². The van der Waals surface area contributed by atoms with Crippen LogP contribution in [0.15, 0.2) is 40.9 Å². The normalized spacial score (nSPS) is 10.3. The molecule has 0 amide bonds. The molecule has 2 nitrogen and oxygen atoms in total. The summed E-state index contributed by atoms with van der Waals surface area (Å²) >= 11 is 14.2. The Labute approximate surface area is 128 Å². The molecule has 0 fully saturated rings. The molecule has 0 bridgehead atoms. The smallest absolute Gasteiger partial charge is 0.146 e. The van der Waals surface area contributed by atoms with Crippen LogP contribution in [0.4, 0.5) is 4.39 Å². The van der Waals surface area contributed by atoms with Gasteiger partial charge in [0.25, 0.3) is 0 Å². The predicted octanol–water partition coefficient (Wildman–Crippen LogP) is 4.67. The van der Waals surface area contributed by atoms with E-state index < -0.39 is 5.82 Å². The molecule has 0 aliphatic heterocycles. The lowest BCUT2D eigenvalue weighted by Gasteiger charge is -2.11. The van der Waals surface area contributed by atoms with Crippen LogP contribution in [0.5, 0.6) is 11.5 Å². The highest BCUT2D eigenvalue weighted by molar-refractivity contribution is 9.10. The van der Waals surface area contributed by atoms with Crippen LogP contribution in [-0.4, -0.2) is 4.99 Å². The average Bonchev–Trinajstić information content (AvgIpc) is 2.34. The fourth-order valence-corrected chi connectivity index (χ4v) is 2.33. The van der Waals surface area contributed by atoms with Crippen molar-refractivity contribution in [2.75, 3.05) is 0 Å². The Balaban J connectivity index is 2.40. The van der Waals surface area contributed by atoms with Gasteiger partial charge in [-0.2, -0.15) is 0 Å². The molecule has 19 heavy (non-hydrogen) atoms. The third kappa shape index (κ3) is 3.43. The van der Waals surface area contributed by atoms with Gasteiger partial charge in [0.05, 0.1) is 10.6 Å². The molecule has 0 aliphatic rings. The van der Waals surface area contributed by atoms with Gasteiger partial charge in [0.2, 0.25) is 0 Å². The molecule has 2 rings (SSSR count). The molecule has 2 N–H and O–H groups in total. The number of benzene rings is 2. The van der Waals surface area contributed by atoms with E-state index in [1.165, 1.54) is 18.2 Å². The number of thiocarbonyl (C=S) groups is 1. The monoisotopic (exact) mass is 359 g/mol. The van der Waals surface area contributed by atoms with Crippen LogP contribution in [0, 0.1) is 5.82 Å². The molecule has 0 spiro atoms. The lowest BCUT2D eigenvalue weighted by molar-refractivity contribution is 0.479. The molecular weight excluding hydrogens is 353 g/mol. The highest BCUT2D eigenvalue weighted by Crippen LogP contribution is 2.33. The van der Waals surface area contributed by atoms with Crippen molar-refractivity contribution >= 4 is 44.7 Å². The molecule has 0 radical (unpaired) electrons. The topological polar surface area (TPSA) is 35.2 Å². The van der Waals surface area contributed by atoms with Crippen LogP contribution in [0.1, 0.15) is 5.56 Å². The van der Waals surface area contributed by atoms with Crippen LogP contribution < -0.4 is 10.5 Å². The number of ether oxygens (including phenoxy) is 1. The van der Waals surface area contributed by atoms with Gasteiger partial charge in [0.15, 0.2) is 0 Å². The second kappa shape index (κ2) is 5.86. The van der Waals surface area contributed by atoms with E-state index in [2.05, 4.69) is 15.9 Å². The fraction of sp³-hybridized carbons (Fsp3) is 0. The second-order valence-corrected chi connectivity index (χ2v) is 5.44. The highest BCUT2D eigenvalue weighted by Gasteiger charge is 2.11. The number of hydrogen-bond donors (Lipinski definition) is 1. The minimum Gasteiger partial charge on any atom is -0.455 e. The Kier molecular flexibility index (Phi) is 4.39. The molecule has 2 aromatic carbocycles. The summed E-state index contributed by atoms with van der Waals surface area (Å²) < 4.78 is 19.6. The summed E-state index contributed by atoms with van der Waals surface area (Å²) in [6.45, 7) is 0.